The first-order valence-electron chi connectivity index (χ1n) is 8.79. The molecule has 0 saturated carbocycles. The minimum atomic E-state index is 0.181. The maximum atomic E-state index is 6.51. The number of rotatable bonds is 5. The number of ether oxygens (including phenoxy) is 1. The molecular formula is C18H22ClN7O. The summed E-state index contributed by atoms with van der Waals surface area (Å²) in [5.74, 6) is 0.368. The highest BCUT2D eigenvalue weighted by Gasteiger charge is 2.24. The van der Waals surface area contributed by atoms with E-state index in [9.17, 15) is 0 Å². The maximum absolute atomic E-state index is 6.51. The van der Waals surface area contributed by atoms with Gasteiger partial charge in [0.15, 0.2) is 11.5 Å². The SMILES string of the molecule is COCc1c(Cl)ccc(N2CCC(N)C2)c1Cn1cnc2c(N)ncnc21. The Balaban J connectivity index is 1.81. The molecule has 3 heterocycles. The normalized spacial score (nSPS) is 17.1. The smallest absolute Gasteiger partial charge is 0.165 e. The number of nitrogen functional groups attached to an aromatic ring is 1. The van der Waals surface area contributed by atoms with Gasteiger partial charge in [-0.2, -0.15) is 0 Å². The quantitative estimate of drug-likeness (QED) is 0.687. The van der Waals surface area contributed by atoms with E-state index in [-0.39, 0.29) is 6.04 Å². The molecule has 0 bridgehead atoms. The molecule has 1 aromatic carbocycles. The average Bonchev–Trinajstić information content (AvgIpc) is 3.26. The Morgan fingerprint density at radius 1 is 1.26 bits per heavy atom. The summed E-state index contributed by atoms with van der Waals surface area (Å²) in [7, 11) is 1.67. The third-order valence-electron chi connectivity index (χ3n) is 4.96. The second-order valence-electron chi connectivity index (χ2n) is 6.75. The van der Waals surface area contributed by atoms with Crippen LogP contribution >= 0.6 is 11.6 Å². The summed E-state index contributed by atoms with van der Waals surface area (Å²) in [6, 6.07) is 4.16. The van der Waals surface area contributed by atoms with E-state index in [0.29, 0.717) is 35.2 Å². The summed E-state index contributed by atoms with van der Waals surface area (Å²) in [5.41, 5.74) is 16.5. The molecule has 4 rings (SSSR count). The van der Waals surface area contributed by atoms with Gasteiger partial charge in [-0.05, 0) is 18.6 Å². The summed E-state index contributed by atoms with van der Waals surface area (Å²) < 4.78 is 7.37. The number of nitrogens with zero attached hydrogens (tertiary/aromatic N) is 5. The van der Waals surface area contributed by atoms with Gasteiger partial charge >= 0.3 is 0 Å². The van der Waals surface area contributed by atoms with Gasteiger partial charge in [0.2, 0.25) is 0 Å². The molecule has 4 N–H and O–H groups in total. The van der Waals surface area contributed by atoms with Gasteiger partial charge < -0.3 is 25.7 Å². The molecule has 27 heavy (non-hydrogen) atoms. The topological polar surface area (TPSA) is 108 Å². The molecule has 0 amide bonds. The largest absolute Gasteiger partial charge is 0.382 e. The summed E-state index contributed by atoms with van der Waals surface area (Å²) in [5, 5.41) is 0.678. The van der Waals surface area contributed by atoms with Gasteiger partial charge in [0.1, 0.15) is 11.8 Å². The van der Waals surface area contributed by atoms with E-state index < -0.39 is 0 Å². The molecule has 2 aromatic heterocycles. The van der Waals surface area contributed by atoms with Crippen LogP contribution in [0.25, 0.3) is 11.2 Å². The van der Waals surface area contributed by atoms with Gasteiger partial charge in [-0.3, -0.25) is 0 Å². The average molecular weight is 388 g/mol. The predicted molar refractivity (Wildman–Crippen MR) is 106 cm³/mol. The van der Waals surface area contributed by atoms with Gasteiger partial charge in [-0.25, -0.2) is 15.0 Å². The maximum Gasteiger partial charge on any atom is 0.165 e. The number of methoxy groups -OCH3 is 1. The molecule has 0 aliphatic carbocycles. The summed E-state index contributed by atoms with van der Waals surface area (Å²) in [6.07, 6.45) is 4.15. The van der Waals surface area contributed by atoms with Crippen molar-refractivity contribution in [3.8, 4) is 0 Å². The zero-order valence-corrected chi connectivity index (χ0v) is 15.9. The Labute approximate surface area is 162 Å². The number of halogens is 1. The zero-order chi connectivity index (χ0) is 19.0. The first-order valence-corrected chi connectivity index (χ1v) is 9.17. The Morgan fingerprint density at radius 2 is 2.11 bits per heavy atom. The Bertz CT molecular complexity index is 974. The van der Waals surface area contributed by atoms with Crippen LogP contribution in [0.4, 0.5) is 11.5 Å². The van der Waals surface area contributed by atoms with Crippen molar-refractivity contribution in [2.45, 2.75) is 25.6 Å². The predicted octanol–water partition coefficient (Wildman–Crippen LogP) is 1.79. The lowest BCUT2D eigenvalue weighted by Crippen LogP contribution is -2.27. The van der Waals surface area contributed by atoms with Gasteiger partial charge in [-0.1, -0.05) is 11.6 Å². The molecule has 1 aliphatic heterocycles. The summed E-state index contributed by atoms with van der Waals surface area (Å²) >= 11 is 6.51. The third kappa shape index (κ3) is 3.31. The lowest BCUT2D eigenvalue weighted by Gasteiger charge is -2.25. The number of benzene rings is 1. The van der Waals surface area contributed by atoms with Crippen molar-refractivity contribution in [2.75, 3.05) is 30.8 Å². The van der Waals surface area contributed by atoms with Crippen molar-refractivity contribution in [3.63, 3.8) is 0 Å². The Morgan fingerprint density at radius 3 is 2.85 bits per heavy atom. The van der Waals surface area contributed by atoms with Crippen LogP contribution in [0, 0.1) is 0 Å². The fraction of sp³-hybridized carbons (Fsp3) is 0.389. The van der Waals surface area contributed by atoms with E-state index in [1.54, 1.807) is 13.4 Å². The van der Waals surface area contributed by atoms with Crippen LogP contribution in [0.2, 0.25) is 5.02 Å². The minimum Gasteiger partial charge on any atom is -0.382 e. The third-order valence-corrected chi connectivity index (χ3v) is 5.32. The van der Waals surface area contributed by atoms with E-state index in [1.165, 1.54) is 6.33 Å². The van der Waals surface area contributed by atoms with Crippen molar-refractivity contribution in [2.24, 2.45) is 5.73 Å². The number of hydrogen-bond donors (Lipinski definition) is 2. The van der Waals surface area contributed by atoms with Crippen LogP contribution < -0.4 is 16.4 Å². The van der Waals surface area contributed by atoms with Crippen LogP contribution in [0.5, 0.6) is 0 Å². The first-order chi connectivity index (χ1) is 13.1. The number of fused-ring (bicyclic) bond motifs is 1. The fourth-order valence-corrected chi connectivity index (χ4v) is 3.85. The van der Waals surface area contributed by atoms with Crippen molar-refractivity contribution in [1.29, 1.82) is 0 Å². The van der Waals surface area contributed by atoms with Crippen LogP contribution in [-0.2, 0) is 17.9 Å². The molecule has 1 unspecified atom stereocenters. The van der Waals surface area contributed by atoms with E-state index in [0.717, 1.165) is 36.3 Å². The molecule has 8 nitrogen and oxygen atoms in total. The van der Waals surface area contributed by atoms with Crippen molar-refractivity contribution in [3.05, 3.63) is 40.9 Å². The van der Waals surface area contributed by atoms with Crippen LogP contribution in [0.15, 0.2) is 24.8 Å². The van der Waals surface area contributed by atoms with Gasteiger partial charge in [0, 0.05) is 48.1 Å². The van der Waals surface area contributed by atoms with Crippen LogP contribution in [-0.4, -0.2) is 45.8 Å². The molecule has 142 valence electrons. The molecule has 1 saturated heterocycles. The highest BCUT2D eigenvalue weighted by molar-refractivity contribution is 6.31. The monoisotopic (exact) mass is 387 g/mol. The van der Waals surface area contributed by atoms with E-state index in [1.807, 2.05) is 10.6 Å². The second kappa shape index (κ2) is 7.30. The lowest BCUT2D eigenvalue weighted by molar-refractivity contribution is 0.184. The fourth-order valence-electron chi connectivity index (χ4n) is 3.62. The molecule has 1 aliphatic rings. The van der Waals surface area contributed by atoms with Gasteiger partial charge in [0.05, 0.1) is 19.5 Å². The number of aromatic nitrogens is 4. The lowest BCUT2D eigenvalue weighted by atomic mass is 10.0. The number of nitrogens with two attached hydrogens (primary N) is 2. The Kier molecular flexibility index (Phi) is 4.86. The molecule has 9 heteroatoms. The van der Waals surface area contributed by atoms with E-state index >= 15 is 0 Å². The highest BCUT2D eigenvalue weighted by Crippen LogP contribution is 2.33. The molecular weight excluding hydrogens is 366 g/mol. The molecule has 1 fully saturated rings. The summed E-state index contributed by atoms with van der Waals surface area (Å²) in [4.78, 5) is 15.0. The van der Waals surface area contributed by atoms with Crippen LogP contribution in [0.3, 0.4) is 0 Å². The first kappa shape index (κ1) is 18.0. The van der Waals surface area contributed by atoms with Crippen molar-refractivity contribution in [1.82, 2.24) is 19.5 Å². The van der Waals surface area contributed by atoms with Gasteiger partial charge in [0.25, 0.3) is 0 Å². The second-order valence-corrected chi connectivity index (χ2v) is 7.16. The van der Waals surface area contributed by atoms with E-state index in [2.05, 4.69) is 25.9 Å². The molecule has 1 atom stereocenters. The van der Waals surface area contributed by atoms with Crippen molar-refractivity contribution < 1.29 is 4.74 Å². The summed E-state index contributed by atoms with van der Waals surface area (Å²) in [6.45, 7) is 2.71. The standard InChI is InChI=1S/C18H22ClN7O/c1-27-8-13-12(7-26-10-24-16-17(21)22-9-23-18(16)26)15(3-2-14(13)19)25-5-4-11(20)6-25/h2-3,9-11H,4-8,20H2,1H3,(H2,21,22,23). The van der Waals surface area contributed by atoms with Crippen LogP contribution in [0.1, 0.15) is 17.5 Å². The van der Waals surface area contributed by atoms with Gasteiger partial charge in [-0.15, -0.1) is 0 Å². The van der Waals surface area contributed by atoms with E-state index in [4.69, 9.17) is 27.8 Å². The zero-order valence-electron chi connectivity index (χ0n) is 15.1. The number of hydrogen-bond acceptors (Lipinski definition) is 7. The number of anilines is 2. The Hall–Kier alpha value is -2.42. The highest BCUT2D eigenvalue weighted by atomic mass is 35.5. The molecule has 3 aromatic rings. The number of imidazole rings is 1. The molecule has 0 spiro atoms. The van der Waals surface area contributed by atoms with Crippen molar-refractivity contribution >= 4 is 34.3 Å². The molecule has 0 radical (unpaired) electrons. The minimum absolute atomic E-state index is 0.181.